The van der Waals surface area contributed by atoms with Crippen LogP contribution in [0.2, 0.25) is 0 Å². The lowest BCUT2D eigenvalue weighted by Gasteiger charge is -2.33. The summed E-state index contributed by atoms with van der Waals surface area (Å²) in [5, 5.41) is 0. The van der Waals surface area contributed by atoms with Crippen LogP contribution in [0.15, 0.2) is 24.5 Å². The first kappa shape index (κ1) is 12.5. The quantitative estimate of drug-likeness (QED) is 0.819. The van der Waals surface area contributed by atoms with Crippen LogP contribution in [-0.4, -0.2) is 29.0 Å². The first-order valence-electron chi connectivity index (χ1n) is 6.62. The van der Waals surface area contributed by atoms with Gasteiger partial charge in [-0.25, -0.2) is 0 Å². The van der Waals surface area contributed by atoms with Crippen LogP contribution in [0, 0.1) is 5.92 Å². The summed E-state index contributed by atoms with van der Waals surface area (Å²) in [5.74, 6) is 0.901. The molecule has 0 aliphatic heterocycles. The maximum absolute atomic E-state index is 6.18. The molecule has 0 bridgehead atoms. The normalized spacial score (nSPS) is 19.3. The molecule has 2 rings (SSSR count). The Labute approximate surface area is 104 Å². The van der Waals surface area contributed by atoms with Crippen molar-refractivity contribution >= 4 is 0 Å². The highest BCUT2D eigenvalue weighted by Gasteiger charge is 2.29. The summed E-state index contributed by atoms with van der Waals surface area (Å²) in [4.78, 5) is 6.60. The van der Waals surface area contributed by atoms with Gasteiger partial charge in [0.25, 0.3) is 0 Å². The molecule has 17 heavy (non-hydrogen) atoms. The second kappa shape index (κ2) is 5.61. The van der Waals surface area contributed by atoms with E-state index in [0.717, 1.165) is 12.5 Å². The second-order valence-corrected chi connectivity index (χ2v) is 5.12. The number of likely N-dealkylation sites (N-methyl/N-ethyl adjacent to an activating group) is 1. The molecule has 1 saturated carbocycles. The minimum Gasteiger partial charge on any atom is -0.326 e. The fourth-order valence-electron chi connectivity index (χ4n) is 2.48. The van der Waals surface area contributed by atoms with E-state index in [9.17, 15) is 0 Å². The zero-order valence-corrected chi connectivity index (χ0v) is 10.8. The average Bonchev–Trinajstić information content (AvgIpc) is 3.13. The highest BCUT2D eigenvalue weighted by molar-refractivity contribution is 5.17. The van der Waals surface area contributed by atoms with Gasteiger partial charge in [0.1, 0.15) is 0 Å². The molecule has 2 unspecified atom stereocenters. The number of hydrogen-bond donors (Lipinski definition) is 1. The number of nitrogens with two attached hydrogens (primary N) is 1. The van der Waals surface area contributed by atoms with Crippen molar-refractivity contribution in [3.8, 4) is 0 Å². The summed E-state index contributed by atoms with van der Waals surface area (Å²) in [6.45, 7) is 6.57. The van der Waals surface area contributed by atoms with E-state index in [4.69, 9.17) is 5.73 Å². The zero-order chi connectivity index (χ0) is 12.3. The average molecular weight is 233 g/mol. The third-order valence-electron chi connectivity index (χ3n) is 3.53. The number of aromatic nitrogens is 1. The lowest BCUT2D eigenvalue weighted by atomic mass is 10.00. The van der Waals surface area contributed by atoms with Crippen LogP contribution in [-0.2, 0) is 0 Å². The Hall–Kier alpha value is -0.930. The second-order valence-electron chi connectivity index (χ2n) is 5.12. The van der Waals surface area contributed by atoms with Crippen molar-refractivity contribution in [3.63, 3.8) is 0 Å². The molecule has 0 saturated heterocycles. The molecule has 94 valence electrons. The largest absolute Gasteiger partial charge is 0.326 e. The minimum atomic E-state index is 0.149. The third kappa shape index (κ3) is 3.27. The lowest BCUT2D eigenvalue weighted by Crippen LogP contribution is -2.40. The van der Waals surface area contributed by atoms with Gasteiger partial charge in [0, 0.05) is 31.0 Å². The van der Waals surface area contributed by atoms with Gasteiger partial charge in [-0.3, -0.25) is 9.88 Å². The molecule has 1 aliphatic rings. The molecule has 1 aliphatic carbocycles. The lowest BCUT2D eigenvalue weighted by molar-refractivity contribution is 0.178. The van der Waals surface area contributed by atoms with E-state index in [1.165, 1.54) is 24.9 Å². The molecule has 3 heteroatoms. The summed E-state index contributed by atoms with van der Waals surface area (Å²) in [6, 6.07) is 4.65. The standard InChI is InChI=1S/C14H23N3/c1-3-17(10-12-4-5-12)14(11(2)15)13-6-8-16-9-7-13/h6-9,11-12,14H,3-5,10,15H2,1-2H3. The fourth-order valence-corrected chi connectivity index (χ4v) is 2.48. The Morgan fingerprint density at radius 2 is 2.06 bits per heavy atom. The van der Waals surface area contributed by atoms with Gasteiger partial charge >= 0.3 is 0 Å². The highest BCUT2D eigenvalue weighted by Crippen LogP contribution is 2.33. The molecule has 0 spiro atoms. The number of hydrogen-bond acceptors (Lipinski definition) is 3. The molecule has 3 nitrogen and oxygen atoms in total. The Kier molecular flexibility index (Phi) is 4.13. The number of rotatable bonds is 6. The third-order valence-corrected chi connectivity index (χ3v) is 3.53. The van der Waals surface area contributed by atoms with Crippen LogP contribution in [0.5, 0.6) is 0 Å². The van der Waals surface area contributed by atoms with Gasteiger partial charge in [-0.05, 0) is 49.9 Å². The summed E-state index contributed by atoms with van der Waals surface area (Å²) < 4.78 is 0. The van der Waals surface area contributed by atoms with Crippen LogP contribution >= 0.6 is 0 Å². The van der Waals surface area contributed by atoms with Gasteiger partial charge in [-0.2, -0.15) is 0 Å². The Bertz CT molecular complexity index is 333. The van der Waals surface area contributed by atoms with Crippen molar-refractivity contribution in [2.75, 3.05) is 13.1 Å². The Morgan fingerprint density at radius 1 is 1.41 bits per heavy atom. The number of nitrogens with zero attached hydrogens (tertiary/aromatic N) is 2. The van der Waals surface area contributed by atoms with Crippen molar-refractivity contribution in [1.82, 2.24) is 9.88 Å². The fraction of sp³-hybridized carbons (Fsp3) is 0.643. The summed E-state index contributed by atoms with van der Waals surface area (Å²) in [5.41, 5.74) is 7.47. The molecule has 2 N–H and O–H groups in total. The Morgan fingerprint density at radius 3 is 2.53 bits per heavy atom. The summed E-state index contributed by atoms with van der Waals surface area (Å²) in [7, 11) is 0. The number of pyridine rings is 1. The molecule has 1 aromatic rings. The molecule has 1 aromatic heterocycles. The predicted octanol–water partition coefficient (Wildman–Crippen LogP) is 2.20. The molecular formula is C14H23N3. The van der Waals surface area contributed by atoms with Crippen LogP contribution in [0.25, 0.3) is 0 Å². The summed E-state index contributed by atoms with van der Waals surface area (Å²) >= 11 is 0. The maximum atomic E-state index is 6.18. The van der Waals surface area contributed by atoms with E-state index in [-0.39, 0.29) is 6.04 Å². The predicted molar refractivity (Wildman–Crippen MR) is 70.6 cm³/mol. The first-order valence-corrected chi connectivity index (χ1v) is 6.62. The van der Waals surface area contributed by atoms with Gasteiger partial charge in [0.05, 0.1) is 0 Å². The van der Waals surface area contributed by atoms with Gasteiger partial charge < -0.3 is 5.73 Å². The molecule has 1 heterocycles. The topological polar surface area (TPSA) is 42.2 Å². The highest BCUT2D eigenvalue weighted by atomic mass is 15.2. The van der Waals surface area contributed by atoms with Gasteiger partial charge in [0.15, 0.2) is 0 Å². The first-order chi connectivity index (χ1) is 8.22. The molecule has 0 amide bonds. The zero-order valence-electron chi connectivity index (χ0n) is 10.8. The van der Waals surface area contributed by atoms with Crippen molar-refractivity contribution in [2.24, 2.45) is 11.7 Å². The van der Waals surface area contributed by atoms with Crippen LogP contribution in [0.1, 0.15) is 38.3 Å². The van der Waals surface area contributed by atoms with Gasteiger partial charge in [-0.1, -0.05) is 6.92 Å². The molecule has 0 aromatic carbocycles. The maximum Gasteiger partial charge on any atom is 0.0497 e. The van der Waals surface area contributed by atoms with Crippen LogP contribution in [0.3, 0.4) is 0 Å². The Balaban J connectivity index is 2.14. The van der Waals surface area contributed by atoms with E-state index in [0.29, 0.717) is 6.04 Å². The van der Waals surface area contributed by atoms with Crippen molar-refractivity contribution in [2.45, 2.75) is 38.8 Å². The summed E-state index contributed by atoms with van der Waals surface area (Å²) in [6.07, 6.45) is 6.49. The van der Waals surface area contributed by atoms with Crippen LogP contribution in [0.4, 0.5) is 0 Å². The molecule has 2 atom stereocenters. The molecule has 1 fully saturated rings. The van der Waals surface area contributed by atoms with Gasteiger partial charge in [-0.15, -0.1) is 0 Å². The smallest absolute Gasteiger partial charge is 0.0497 e. The SMILES string of the molecule is CCN(CC1CC1)C(c1ccncc1)C(C)N. The van der Waals surface area contributed by atoms with Crippen molar-refractivity contribution in [1.29, 1.82) is 0 Å². The minimum absolute atomic E-state index is 0.149. The monoisotopic (exact) mass is 233 g/mol. The molecular weight excluding hydrogens is 210 g/mol. The van der Waals surface area contributed by atoms with E-state index in [1.54, 1.807) is 0 Å². The van der Waals surface area contributed by atoms with E-state index < -0.39 is 0 Å². The van der Waals surface area contributed by atoms with Crippen molar-refractivity contribution in [3.05, 3.63) is 30.1 Å². The molecule has 0 radical (unpaired) electrons. The van der Waals surface area contributed by atoms with E-state index >= 15 is 0 Å². The van der Waals surface area contributed by atoms with E-state index in [1.807, 2.05) is 12.4 Å². The van der Waals surface area contributed by atoms with Crippen molar-refractivity contribution < 1.29 is 0 Å². The van der Waals surface area contributed by atoms with Gasteiger partial charge in [0.2, 0.25) is 0 Å². The van der Waals surface area contributed by atoms with E-state index in [2.05, 4.69) is 35.9 Å². The van der Waals surface area contributed by atoms with Crippen LogP contribution < -0.4 is 5.73 Å².